The molecule has 0 saturated carbocycles. The smallest absolute Gasteiger partial charge is 0.0804 e. The third kappa shape index (κ3) is 4.05. The molecule has 45 heavy (non-hydrogen) atoms. The van der Waals surface area contributed by atoms with E-state index in [1.54, 1.807) is 0 Å². The number of hydrogen-bond donors (Lipinski definition) is 0. The van der Waals surface area contributed by atoms with Gasteiger partial charge in [-0.05, 0) is 83.6 Å². The molecule has 0 spiro atoms. The maximum atomic E-state index is 2.46. The zero-order chi connectivity index (χ0) is 29.7. The molecule has 0 saturated heterocycles. The van der Waals surface area contributed by atoms with Gasteiger partial charge >= 0.3 is 0 Å². The normalized spacial score (nSPS) is 11.6. The Labute approximate surface area is 261 Å². The average Bonchev–Trinajstić information content (AvgIpc) is 3.62. The summed E-state index contributed by atoms with van der Waals surface area (Å²) >= 11 is 0. The summed E-state index contributed by atoms with van der Waals surface area (Å²) < 4.78 is 4.89. The minimum absolute atomic E-state index is 1.11. The number of fused-ring (bicyclic) bond motifs is 6. The van der Waals surface area contributed by atoms with Crippen LogP contribution in [0.25, 0.3) is 55.0 Å². The number of hydrogen-bond acceptors (Lipinski definition) is 1. The molecule has 0 radical (unpaired) electrons. The van der Waals surface area contributed by atoms with Crippen molar-refractivity contribution >= 4 is 60.7 Å². The summed E-state index contributed by atoms with van der Waals surface area (Å²) in [7, 11) is 0. The van der Waals surface area contributed by atoms with Crippen molar-refractivity contribution in [1.82, 2.24) is 9.13 Å². The van der Waals surface area contributed by atoms with Crippen molar-refractivity contribution in [1.29, 1.82) is 0 Å². The molecule has 3 heteroatoms. The molecule has 0 unspecified atom stereocenters. The molecule has 2 heterocycles. The Bertz CT molecular complexity index is 2430. The molecule has 9 aromatic rings. The topological polar surface area (TPSA) is 13.1 Å². The predicted octanol–water partition coefficient (Wildman–Crippen LogP) is 11.4. The summed E-state index contributed by atoms with van der Waals surface area (Å²) in [6.07, 6.45) is 0. The van der Waals surface area contributed by atoms with Crippen LogP contribution in [0.1, 0.15) is 0 Å². The van der Waals surface area contributed by atoms with Crippen LogP contribution in [-0.4, -0.2) is 9.13 Å². The van der Waals surface area contributed by atoms with Crippen molar-refractivity contribution in [2.45, 2.75) is 0 Å². The van der Waals surface area contributed by atoms with Gasteiger partial charge in [0.15, 0.2) is 0 Å². The molecule has 0 bridgehead atoms. The number of para-hydroxylation sites is 4. The number of aromatic nitrogens is 2. The first-order valence-corrected chi connectivity index (χ1v) is 15.4. The van der Waals surface area contributed by atoms with Gasteiger partial charge in [0.1, 0.15) is 0 Å². The Kier molecular flexibility index (Phi) is 5.82. The lowest BCUT2D eigenvalue weighted by atomic mass is 10.1. The summed E-state index contributed by atoms with van der Waals surface area (Å²) in [5, 5.41) is 4.90. The number of anilines is 3. The van der Waals surface area contributed by atoms with Crippen LogP contribution in [0.3, 0.4) is 0 Å². The van der Waals surface area contributed by atoms with Crippen LogP contribution in [0.15, 0.2) is 176 Å². The van der Waals surface area contributed by atoms with E-state index in [4.69, 9.17) is 0 Å². The van der Waals surface area contributed by atoms with E-state index in [0.29, 0.717) is 0 Å². The van der Waals surface area contributed by atoms with Gasteiger partial charge in [-0.2, -0.15) is 0 Å². The van der Waals surface area contributed by atoms with E-state index in [0.717, 1.165) is 28.4 Å². The lowest BCUT2D eigenvalue weighted by Crippen LogP contribution is -2.09. The van der Waals surface area contributed by atoms with Crippen molar-refractivity contribution in [2.24, 2.45) is 0 Å². The minimum atomic E-state index is 1.11. The maximum absolute atomic E-state index is 2.46. The fraction of sp³-hybridized carbons (Fsp3) is 0. The van der Waals surface area contributed by atoms with Gasteiger partial charge in [-0.1, -0.05) is 103 Å². The van der Waals surface area contributed by atoms with Gasteiger partial charge in [0.2, 0.25) is 0 Å². The largest absolute Gasteiger partial charge is 0.310 e. The van der Waals surface area contributed by atoms with Crippen LogP contribution in [0.4, 0.5) is 17.1 Å². The summed E-state index contributed by atoms with van der Waals surface area (Å²) in [5.74, 6) is 0. The molecule has 3 nitrogen and oxygen atoms in total. The summed E-state index contributed by atoms with van der Waals surface area (Å²) in [6.45, 7) is 0. The van der Waals surface area contributed by atoms with Crippen LogP contribution < -0.4 is 4.90 Å². The molecule has 0 aliphatic rings. The Morgan fingerprint density at radius 2 is 0.889 bits per heavy atom. The Hall–Kier alpha value is -6.06. The summed E-state index contributed by atoms with van der Waals surface area (Å²) in [5.41, 5.74) is 10.4. The number of nitrogens with zero attached hydrogens (tertiary/aromatic N) is 3. The summed E-state index contributed by atoms with van der Waals surface area (Å²) in [4.78, 5) is 2.34. The lowest BCUT2D eigenvalue weighted by molar-refractivity contribution is 1.18. The molecule has 0 atom stereocenters. The highest BCUT2D eigenvalue weighted by atomic mass is 15.1. The first-order chi connectivity index (χ1) is 22.3. The van der Waals surface area contributed by atoms with Crippen LogP contribution in [0.5, 0.6) is 0 Å². The van der Waals surface area contributed by atoms with E-state index < -0.39 is 0 Å². The van der Waals surface area contributed by atoms with Gasteiger partial charge in [-0.25, -0.2) is 0 Å². The van der Waals surface area contributed by atoms with Gasteiger partial charge < -0.3 is 14.0 Å². The Balaban J connectivity index is 1.42. The predicted molar refractivity (Wildman–Crippen MR) is 190 cm³/mol. The van der Waals surface area contributed by atoms with E-state index in [-0.39, 0.29) is 0 Å². The molecule has 0 amide bonds. The molecule has 9 rings (SSSR count). The van der Waals surface area contributed by atoms with Crippen molar-refractivity contribution in [3.63, 3.8) is 0 Å². The maximum Gasteiger partial charge on any atom is 0.0804 e. The third-order valence-corrected chi connectivity index (χ3v) is 8.84. The van der Waals surface area contributed by atoms with Crippen molar-refractivity contribution in [3.8, 4) is 11.4 Å². The molecular formula is C42H29N3. The quantitative estimate of drug-likeness (QED) is 0.199. The van der Waals surface area contributed by atoms with Crippen molar-refractivity contribution < 1.29 is 0 Å². The number of benzene rings is 7. The second-order valence-corrected chi connectivity index (χ2v) is 11.5. The zero-order valence-electron chi connectivity index (χ0n) is 24.6. The zero-order valence-corrected chi connectivity index (χ0v) is 24.6. The second-order valence-electron chi connectivity index (χ2n) is 11.5. The van der Waals surface area contributed by atoms with E-state index in [1.807, 2.05) is 0 Å². The molecule has 2 aromatic heterocycles. The highest BCUT2D eigenvalue weighted by Gasteiger charge is 2.23. The Morgan fingerprint density at radius 3 is 1.62 bits per heavy atom. The van der Waals surface area contributed by atoms with E-state index in [2.05, 4.69) is 190 Å². The van der Waals surface area contributed by atoms with Gasteiger partial charge in [0.25, 0.3) is 0 Å². The Morgan fingerprint density at radius 1 is 0.333 bits per heavy atom. The second kappa shape index (κ2) is 10.3. The van der Waals surface area contributed by atoms with Gasteiger partial charge in [0, 0.05) is 39.2 Å². The molecule has 212 valence electrons. The van der Waals surface area contributed by atoms with Crippen LogP contribution in [0.2, 0.25) is 0 Å². The molecule has 0 aliphatic heterocycles. The SMILES string of the molecule is c1ccc(N(c2ccccc2)c2ccc3c(c2)c2c(c4ccccc4n2-c2ccccc2)n3-c2ccc3ccccc3c2)cc1. The van der Waals surface area contributed by atoms with E-state index >= 15 is 0 Å². The fourth-order valence-electron chi connectivity index (χ4n) is 6.90. The standard InChI is InChI=1S/C42H29N3/c1-4-16-32(17-5-1)43(33-18-6-2-7-19-33)36-26-27-40-38(29-36)42-41(45(40)35-25-24-30-14-10-11-15-31(30)28-35)37-22-12-13-23-39(37)44(42)34-20-8-3-9-21-34/h1-29H. The number of rotatable bonds is 5. The lowest BCUT2D eigenvalue weighted by Gasteiger charge is -2.25. The molecule has 7 aromatic carbocycles. The first kappa shape index (κ1) is 25.4. The van der Waals surface area contributed by atoms with Crippen molar-refractivity contribution in [2.75, 3.05) is 4.90 Å². The molecule has 0 fully saturated rings. The highest BCUT2D eigenvalue weighted by molar-refractivity contribution is 6.20. The van der Waals surface area contributed by atoms with Gasteiger partial charge in [-0.3, -0.25) is 0 Å². The molecule has 0 aliphatic carbocycles. The van der Waals surface area contributed by atoms with Crippen LogP contribution in [0, 0.1) is 0 Å². The third-order valence-electron chi connectivity index (χ3n) is 8.84. The van der Waals surface area contributed by atoms with Gasteiger partial charge in [-0.15, -0.1) is 0 Å². The van der Waals surface area contributed by atoms with Gasteiger partial charge in [0.05, 0.1) is 22.1 Å². The summed E-state index contributed by atoms with van der Waals surface area (Å²) in [6, 6.07) is 63.1. The van der Waals surface area contributed by atoms with Crippen LogP contribution in [-0.2, 0) is 0 Å². The van der Waals surface area contributed by atoms with Crippen molar-refractivity contribution in [3.05, 3.63) is 176 Å². The minimum Gasteiger partial charge on any atom is -0.310 e. The highest BCUT2D eigenvalue weighted by Crippen LogP contribution is 2.44. The molecular weight excluding hydrogens is 546 g/mol. The molecule has 0 N–H and O–H groups in total. The monoisotopic (exact) mass is 575 g/mol. The van der Waals surface area contributed by atoms with E-state index in [9.17, 15) is 0 Å². The first-order valence-electron chi connectivity index (χ1n) is 15.4. The fourth-order valence-corrected chi connectivity index (χ4v) is 6.90. The average molecular weight is 576 g/mol. The van der Waals surface area contributed by atoms with Crippen LogP contribution >= 0.6 is 0 Å². The van der Waals surface area contributed by atoms with E-state index in [1.165, 1.54) is 43.6 Å².